The number of rotatable bonds is 9. The molecule has 0 aliphatic carbocycles. The van der Waals surface area contributed by atoms with E-state index in [0.717, 1.165) is 17.5 Å². The van der Waals surface area contributed by atoms with Crippen LogP contribution in [-0.2, 0) is 14.8 Å². The fourth-order valence-electron chi connectivity index (χ4n) is 2.60. The number of nitrogens with zero attached hydrogens (tertiary/aromatic N) is 1. The molecular formula is C21H27N3O4S. The molecule has 29 heavy (non-hydrogen) atoms. The van der Waals surface area contributed by atoms with E-state index in [2.05, 4.69) is 15.2 Å². The highest BCUT2D eigenvalue weighted by Crippen LogP contribution is 2.16. The van der Waals surface area contributed by atoms with Crippen molar-refractivity contribution in [2.45, 2.75) is 39.0 Å². The molecule has 2 rings (SSSR count). The number of sulfonamides is 1. The van der Waals surface area contributed by atoms with Gasteiger partial charge in [0.1, 0.15) is 5.75 Å². The minimum atomic E-state index is -3.51. The Labute approximate surface area is 172 Å². The van der Waals surface area contributed by atoms with Crippen LogP contribution in [0.5, 0.6) is 5.75 Å². The Morgan fingerprint density at radius 3 is 2.28 bits per heavy atom. The van der Waals surface area contributed by atoms with Crippen LogP contribution in [0.15, 0.2) is 52.5 Å². The quantitative estimate of drug-likeness (QED) is 0.484. The first-order valence-electron chi connectivity index (χ1n) is 9.35. The first kappa shape index (κ1) is 22.6. The molecule has 2 N–H and O–H groups in total. The topological polar surface area (TPSA) is 96.9 Å². The molecule has 8 heteroatoms. The molecule has 1 amide bonds. The average Bonchev–Trinajstić information content (AvgIpc) is 2.68. The molecule has 0 spiro atoms. The maximum absolute atomic E-state index is 12.1. The number of nitrogens with one attached hydrogen (secondary N) is 2. The lowest BCUT2D eigenvalue weighted by molar-refractivity contribution is -0.123. The van der Waals surface area contributed by atoms with E-state index in [9.17, 15) is 13.2 Å². The Hall–Kier alpha value is -2.71. The molecule has 0 bridgehead atoms. The summed E-state index contributed by atoms with van der Waals surface area (Å²) in [6.45, 7) is 7.78. The van der Waals surface area contributed by atoms with Gasteiger partial charge < -0.3 is 4.74 Å². The zero-order valence-electron chi connectivity index (χ0n) is 17.2. The van der Waals surface area contributed by atoms with Crippen LogP contribution in [0.3, 0.4) is 0 Å². The second kappa shape index (κ2) is 10.2. The van der Waals surface area contributed by atoms with Crippen molar-refractivity contribution < 1.29 is 17.9 Å². The maximum Gasteiger partial charge on any atom is 0.277 e. The minimum Gasteiger partial charge on any atom is -0.484 e. The maximum atomic E-state index is 12.1. The smallest absolute Gasteiger partial charge is 0.277 e. The van der Waals surface area contributed by atoms with Gasteiger partial charge in [-0.3, -0.25) is 4.79 Å². The fourth-order valence-corrected chi connectivity index (χ4v) is 3.74. The van der Waals surface area contributed by atoms with Gasteiger partial charge in [0.15, 0.2) is 6.61 Å². The zero-order chi connectivity index (χ0) is 21.4. The van der Waals surface area contributed by atoms with Gasteiger partial charge in [-0.15, -0.1) is 0 Å². The first-order valence-corrected chi connectivity index (χ1v) is 10.8. The van der Waals surface area contributed by atoms with Crippen molar-refractivity contribution in [2.75, 3.05) is 13.2 Å². The normalized spacial score (nSPS) is 11.9. The molecule has 7 nitrogen and oxygen atoms in total. The number of ether oxygens (including phenoxy) is 1. The average molecular weight is 418 g/mol. The fraction of sp³-hybridized carbons (Fsp3) is 0.333. The second-order valence-electron chi connectivity index (χ2n) is 6.77. The first-order chi connectivity index (χ1) is 13.7. The summed E-state index contributed by atoms with van der Waals surface area (Å²) >= 11 is 0. The summed E-state index contributed by atoms with van der Waals surface area (Å²) < 4.78 is 32.2. The molecule has 2 aromatic carbocycles. The highest BCUT2D eigenvalue weighted by atomic mass is 32.2. The third-order valence-electron chi connectivity index (χ3n) is 4.04. The van der Waals surface area contributed by atoms with E-state index in [1.165, 1.54) is 12.1 Å². The van der Waals surface area contributed by atoms with Gasteiger partial charge in [0.05, 0.1) is 10.6 Å². The zero-order valence-corrected chi connectivity index (χ0v) is 18.0. The van der Waals surface area contributed by atoms with Gasteiger partial charge in [0, 0.05) is 6.54 Å². The summed E-state index contributed by atoms with van der Waals surface area (Å²) in [5.41, 5.74) is 5.82. The van der Waals surface area contributed by atoms with E-state index in [-0.39, 0.29) is 17.4 Å². The molecule has 0 saturated carbocycles. The number of hydrogen-bond acceptors (Lipinski definition) is 5. The SMILES string of the molecule is CCCNS(=O)(=O)c1ccc(/C(C)=N\NC(=O)COc2cc(C)cc(C)c2)cc1. The lowest BCUT2D eigenvalue weighted by atomic mass is 10.1. The molecule has 0 radical (unpaired) electrons. The van der Waals surface area contributed by atoms with Crippen LogP contribution in [0, 0.1) is 13.8 Å². The van der Waals surface area contributed by atoms with Gasteiger partial charge in [-0.05, 0) is 68.1 Å². The molecule has 0 heterocycles. The largest absolute Gasteiger partial charge is 0.484 e. The molecule has 0 aromatic heterocycles. The highest BCUT2D eigenvalue weighted by Gasteiger charge is 2.13. The molecule has 0 fully saturated rings. The molecule has 0 saturated heterocycles. The van der Waals surface area contributed by atoms with Crippen molar-refractivity contribution in [1.29, 1.82) is 0 Å². The standard InChI is InChI=1S/C21H27N3O4S/c1-5-10-22-29(26,27)20-8-6-18(7-9-20)17(4)23-24-21(25)14-28-19-12-15(2)11-16(3)13-19/h6-9,11-13,22H,5,10,14H2,1-4H3,(H,24,25)/b23-17-. The predicted molar refractivity (Wildman–Crippen MR) is 114 cm³/mol. The molecule has 0 aliphatic rings. The number of benzene rings is 2. The number of carbonyl (C=O) groups excluding carboxylic acids is 1. The van der Waals surface area contributed by atoms with Crippen molar-refractivity contribution in [3.63, 3.8) is 0 Å². The lowest BCUT2D eigenvalue weighted by Gasteiger charge is -2.08. The number of hydrazone groups is 1. The molecular weight excluding hydrogens is 390 g/mol. The van der Waals surface area contributed by atoms with Gasteiger partial charge in [-0.2, -0.15) is 5.10 Å². The van der Waals surface area contributed by atoms with Gasteiger partial charge in [-0.25, -0.2) is 18.6 Å². The molecule has 156 valence electrons. The van der Waals surface area contributed by atoms with Crippen LogP contribution in [0.25, 0.3) is 0 Å². The molecule has 0 aliphatic heterocycles. The summed E-state index contributed by atoms with van der Waals surface area (Å²) in [6, 6.07) is 12.1. The van der Waals surface area contributed by atoms with E-state index in [0.29, 0.717) is 23.6 Å². The Kier molecular flexibility index (Phi) is 7.92. The van der Waals surface area contributed by atoms with E-state index >= 15 is 0 Å². The number of aryl methyl sites for hydroxylation is 2. The van der Waals surface area contributed by atoms with Crippen molar-refractivity contribution >= 4 is 21.6 Å². The number of hydrogen-bond donors (Lipinski definition) is 2. The van der Waals surface area contributed by atoms with Crippen molar-refractivity contribution in [1.82, 2.24) is 10.1 Å². The van der Waals surface area contributed by atoms with E-state index in [4.69, 9.17) is 4.74 Å². The Morgan fingerprint density at radius 2 is 1.69 bits per heavy atom. The lowest BCUT2D eigenvalue weighted by Crippen LogP contribution is -2.25. The summed E-state index contributed by atoms with van der Waals surface area (Å²) in [6.07, 6.45) is 0.718. The summed E-state index contributed by atoms with van der Waals surface area (Å²) in [5, 5.41) is 4.06. The Bertz CT molecular complexity index is 963. The van der Waals surface area contributed by atoms with E-state index in [1.807, 2.05) is 39.0 Å². The van der Waals surface area contributed by atoms with Gasteiger partial charge >= 0.3 is 0 Å². The Morgan fingerprint density at radius 1 is 1.07 bits per heavy atom. The highest BCUT2D eigenvalue weighted by molar-refractivity contribution is 7.89. The van der Waals surface area contributed by atoms with Crippen molar-refractivity contribution in [3.8, 4) is 5.75 Å². The number of carbonyl (C=O) groups is 1. The predicted octanol–water partition coefficient (Wildman–Crippen LogP) is 2.91. The van der Waals surface area contributed by atoms with Gasteiger partial charge in [0.25, 0.3) is 5.91 Å². The molecule has 0 unspecified atom stereocenters. The second-order valence-corrected chi connectivity index (χ2v) is 8.53. The van der Waals surface area contributed by atoms with Crippen LogP contribution in [-0.4, -0.2) is 33.2 Å². The third kappa shape index (κ3) is 6.99. The van der Waals surface area contributed by atoms with E-state index in [1.54, 1.807) is 19.1 Å². The summed E-state index contributed by atoms with van der Waals surface area (Å²) in [5.74, 6) is 0.248. The summed E-state index contributed by atoms with van der Waals surface area (Å²) in [4.78, 5) is 12.2. The monoisotopic (exact) mass is 417 g/mol. The van der Waals surface area contributed by atoms with Crippen molar-refractivity contribution in [3.05, 3.63) is 59.2 Å². The van der Waals surface area contributed by atoms with Crippen LogP contribution in [0.4, 0.5) is 0 Å². The summed E-state index contributed by atoms with van der Waals surface area (Å²) in [7, 11) is -3.51. The van der Waals surface area contributed by atoms with Crippen LogP contribution < -0.4 is 14.9 Å². The van der Waals surface area contributed by atoms with E-state index < -0.39 is 10.0 Å². The Balaban J connectivity index is 1.94. The molecule has 0 atom stereocenters. The van der Waals surface area contributed by atoms with Crippen LogP contribution in [0.2, 0.25) is 0 Å². The van der Waals surface area contributed by atoms with Crippen molar-refractivity contribution in [2.24, 2.45) is 5.10 Å². The minimum absolute atomic E-state index is 0.153. The van der Waals surface area contributed by atoms with Crippen LogP contribution >= 0.6 is 0 Å². The van der Waals surface area contributed by atoms with Gasteiger partial charge in [0.2, 0.25) is 10.0 Å². The molecule has 2 aromatic rings. The van der Waals surface area contributed by atoms with Crippen LogP contribution in [0.1, 0.15) is 37.0 Å². The number of amides is 1. The van der Waals surface area contributed by atoms with Gasteiger partial charge in [-0.1, -0.05) is 25.1 Å². The third-order valence-corrected chi connectivity index (χ3v) is 5.51.